The SMILES string of the molecule is CCC(=Cc1c(OC)ccc2ccccc12)[N+](=O)[O-]. The standard InChI is InChI=1S/C15H15NO3/c1-3-12(16(17)18)10-14-13-7-5-4-6-11(13)8-9-15(14)19-2/h4-10H,3H2,1-2H3. The number of methoxy groups -OCH3 is 1. The van der Waals surface area contributed by atoms with Gasteiger partial charge in [0.25, 0.3) is 0 Å². The molecule has 0 fully saturated rings. The van der Waals surface area contributed by atoms with Gasteiger partial charge in [-0.2, -0.15) is 0 Å². The smallest absolute Gasteiger partial charge is 0.246 e. The van der Waals surface area contributed by atoms with Crippen LogP contribution in [-0.4, -0.2) is 12.0 Å². The molecule has 0 aromatic heterocycles. The molecule has 0 heterocycles. The third kappa shape index (κ3) is 2.57. The molecule has 19 heavy (non-hydrogen) atoms. The molecule has 0 radical (unpaired) electrons. The van der Waals surface area contributed by atoms with Crippen molar-refractivity contribution in [2.24, 2.45) is 0 Å². The number of rotatable bonds is 4. The normalized spacial score (nSPS) is 11.6. The van der Waals surface area contributed by atoms with Crippen LogP contribution < -0.4 is 4.74 Å². The molecule has 0 bridgehead atoms. The third-order valence-corrected chi connectivity index (χ3v) is 3.06. The predicted molar refractivity (Wildman–Crippen MR) is 75.8 cm³/mol. The molecule has 0 saturated carbocycles. The molecule has 4 heteroatoms. The van der Waals surface area contributed by atoms with Gasteiger partial charge in [0.2, 0.25) is 5.70 Å². The fourth-order valence-corrected chi connectivity index (χ4v) is 2.05. The summed E-state index contributed by atoms with van der Waals surface area (Å²) >= 11 is 0. The van der Waals surface area contributed by atoms with E-state index in [1.54, 1.807) is 20.1 Å². The van der Waals surface area contributed by atoms with Gasteiger partial charge < -0.3 is 4.74 Å². The van der Waals surface area contributed by atoms with Crippen LogP contribution in [0.3, 0.4) is 0 Å². The molecule has 98 valence electrons. The van der Waals surface area contributed by atoms with Crippen molar-refractivity contribution in [3.63, 3.8) is 0 Å². The summed E-state index contributed by atoms with van der Waals surface area (Å²) in [4.78, 5) is 10.6. The average molecular weight is 257 g/mol. The van der Waals surface area contributed by atoms with Crippen molar-refractivity contribution in [3.8, 4) is 5.75 Å². The van der Waals surface area contributed by atoms with Gasteiger partial charge in [-0.3, -0.25) is 10.1 Å². The summed E-state index contributed by atoms with van der Waals surface area (Å²) in [7, 11) is 1.57. The maximum absolute atomic E-state index is 11.0. The van der Waals surface area contributed by atoms with Crippen molar-refractivity contribution >= 4 is 16.8 Å². The summed E-state index contributed by atoms with van der Waals surface area (Å²) in [6.45, 7) is 1.77. The summed E-state index contributed by atoms with van der Waals surface area (Å²) in [6.07, 6.45) is 1.97. The molecule has 2 aromatic rings. The number of nitro groups is 1. The van der Waals surface area contributed by atoms with Crippen molar-refractivity contribution in [2.75, 3.05) is 7.11 Å². The van der Waals surface area contributed by atoms with Crippen molar-refractivity contribution < 1.29 is 9.66 Å². The number of ether oxygens (including phenoxy) is 1. The minimum absolute atomic E-state index is 0.176. The Kier molecular flexibility index (Phi) is 3.80. The molecule has 0 aliphatic carbocycles. The Morgan fingerprint density at radius 2 is 2.05 bits per heavy atom. The highest BCUT2D eigenvalue weighted by Gasteiger charge is 2.12. The van der Waals surface area contributed by atoms with Gasteiger partial charge in [-0.25, -0.2) is 0 Å². The van der Waals surface area contributed by atoms with Crippen LogP contribution in [0.4, 0.5) is 0 Å². The van der Waals surface area contributed by atoms with E-state index < -0.39 is 0 Å². The second kappa shape index (κ2) is 5.52. The predicted octanol–water partition coefficient (Wildman–Crippen LogP) is 3.88. The first-order valence-electron chi connectivity index (χ1n) is 6.08. The number of hydrogen-bond donors (Lipinski definition) is 0. The van der Waals surface area contributed by atoms with Crippen LogP contribution in [0.5, 0.6) is 5.75 Å². The minimum atomic E-state index is -0.346. The van der Waals surface area contributed by atoms with E-state index in [9.17, 15) is 10.1 Å². The monoisotopic (exact) mass is 257 g/mol. The zero-order valence-corrected chi connectivity index (χ0v) is 10.9. The van der Waals surface area contributed by atoms with Crippen molar-refractivity contribution in [2.45, 2.75) is 13.3 Å². The lowest BCUT2D eigenvalue weighted by atomic mass is 10.0. The van der Waals surface area contributed by atoms with Gasteiger partial charge in [0.15, 0.2) is 0 Å². The zero-order chi connectivity index (χ0) is 13.8. The number of nitrogens with zero attached hydrogens (tertiary/aromatic N) is 1. The molecule has 0 N–H and O–H groups in total. The lowest BCUT2D eigenvalue weighted by Gasteiger charge is -2.08. The van der Waals surface area contributed by atoms with Gasteiger partial charge in [0.1, 0.15) is 5.75 Å². The van der Waals surface area contributed by atoms with Crippen LogP contribution in [0, 0.1) is 10.1 Å². The van der Waals surface area contributed by atoms with E-state index in [1.165, 1.54) is 0 Å². The fraction of sp³-hybridized carbons (Fsp3) is 0.200. The van der Waals surface area contributed by atoms with Crippen LogP contribution in [0.1, 0.15) is 18.9 Å². The maximum atomic E-state index is 11.0. The van der Waals surface area contributed by atoms with E-state index in [4.69, 9.17) is 4.74 Å². The zero-order valence-electron chi connectivity index (χ0n) is 10.9. The Labute approximate surface area is 111 Å². The van der Waals surface area contributed by atoms with E-state index in [2.05, 4.69) is 0 Å². The molecular formula is C15H15NO3. The first-order chi connectivity index (χ1) is 9.17. The van der Waals surface area contributed by atoms with Crippen LogP contribution in [0.2, 0.25) is 0 Å². The quantitative estimate of drug-likeness (QED) is 0.617. The first-order valence-corrected chi connectivity index (χ1v) is 6.08. The molecule has 0 aliphatic rings. The molecule has 0 saturated heterocycles. The van der Waals surface area contributed by atoms with Crippen molar-refractivity contribution in [1.29, 1.82) is 0 Å². The molecule has 0 amide bonds. The summed E-state index contributed by atoms with van der Waals surface area (Å²) in [5.74, 6) is 0.645. The van der Waals surface area contributed by atoms with Crippen LogP contribution in [0.15, 0.2) is 42.1 Å². The molecule has 0 unspecified atom stereocenters. The van der Waals surface area contributed by atoms with Crippen molar-refractivity contribution in [1.82, 2.24) is 0 Å². The lowest BCUT2D eigenvalue weighted by Crippen LogP contribution is -1.98. The van der Waals surface area contributed by atoms with Crippen LogP contribution >= 0.6 is 0 Å². The minimum Gasteiger partial charge on any atom is -0.496 e. The second-order valence-corrected chi connectivity index (χ2v) is 4.15. The number of hydrogen-bond acceptors (Lipinski definition) is 3. The Balaban J connectivity index is 2.72. The molecule has 0 spiro atoms. The number of fused-ring (bicyclic) bond motifs is 1. The van der Waals surface area contributed by atoms with Gasteiger partial charge in [0.05, 0.1) is 12.0 Å². The number of benzene rings is 2. The lowest BCUT2D eigenvalue weighted by molar-refractivity contribution is -0.425. The topological polar surface area (TPSA) is 52.4 Å². The third-order valence-electron chi connectivity index (χ3n) is 3.06. The van der Waals surface area contributed by atoms with E-state index in [0.29, 0.717) is 12.2 Å². The Morgan fingerprint density at radius 3 is 2.68 bits per heavy atom. The van der Waals surface area contributed by atoms with Gasteiger partial charge >= 0.3 is 0 Å². The summed E-state index contributed by atoms with van der Waals surface area (Å²) in [6, 6.07) is 11.6. The van der Waals surface area contributed by atoms with E-state index in [0.717, 1.165) is 16.3 Å². The Bertz CT molecular complexity index is 647. The molecule has 4 nitrogen and oxygen atoms in total. The molecule has 0 atom stereocenters. The first kappa shape index (κ1) is 13.1. The molecule has 0 aliphatic heterocycles. The summed E-state index contributed by atoms with van der Waals surface area (Å²) < 4.78 is 5.31. The maximum Gasteiger partial charge on any atom is 0.246 e. The van der Waals surface area contributed by atoms with Crippen LogP contribution in [-0.2, 0) is 0 Å². The Hall–Kier alpha value is -2.36. The largest absolute Gasteiger partial charge is 0.496 e. The summed E-state index contributed by atoms with van der Waals surface area (Å²) in [5.41, 5.74) is 0.934. The number of allylic oxidation sites excluding steroid dienone is 1. The van der Waals surface area contributed by atoms with Gasteiger partial charge in [-0.1, -0.05) is 37.3 Å². The van der Waals surface area contributed by atoms with Crippen LogP contribution in [0.25, 0.3) is 16.8 Å². The molecule has 2 rings (SSSR count). The van der Waals surface area contributed by atoms with E-state index in [1.807, 2.05) is 36.4 Å². The fourth-order valence-electron chi connectivity index (χ4n) is 2.05. The van der Waals surface area contributed by atoms with Gasteiger partial charge in [-0.05, 0) is 16.8 Å². The van der Waals surface area contributed by atoms with E-state index >= 15 is 0 Å². The highest BCUT2D eigenvalue weighted by atomic mass is 16.6. The van der Waals surface area contributed by atoms with Gasteiger partial charge in [0, 0.05) is 18.1 Å². The highest BCUT2D eigenvalue weighted by molar-refractivity contribution is 5.93. The Morgan fingerprint density at radius 1 is 1.32 bits per heavy atom. The molecule has 2 aromatic carbocycles. The average Bonchev–Trinajstić information content (AvgIpc) is 2.44. The second-order valence-electron chi connectivity index (χ2n) is 4.15. The highest BCUT2D eigenvalue weighted by Crippen LogP contribution is 2.30. The van der Waals surface area contributed by atoms with E-state index in [-0.39, 0.29) is 10.6 Å². The van der Waals surface area contributed by atoms with Gasteiger partial charge in [-0.15, -0.1) is 0 Å². The summed E-state index contributed by atoms with van der Waals surface area (Å²) in [5, 5.41) is 13.0. The van der Waals surface area contributed by atoms with Crippen molar-refractivity contribution in [3.05, 3.63) is 57.8 Å². The molecular weight excluding hydrogens is 242 g/mol.